The Morgan fingerprint density at radius 1 is 1.25 bits per heavy atom. The van der Waals surface area contributed by atoms with Gasteiger partial charge >= 0.3 is 6.03 Å². The van der Waals surface area contributed by atoms with E-state index in [0.29, 0.717) is 5.13 Å². The van der Waals surface area contributed by atoms with Gasteiger partial charge in [0, 0.05) is 5.38 Å². The summed E-state index contributed by atoms with van der Waals surface area (Å²) in [6.45, 7) is 1.80. The maximum atomic E-state index is 11.9. The van der Waals surface area contributed by atoms with Crippen LogP contribution in [0.3, 0.4) is 0 Å². The second-order valence-electron chi connectivity index (χ2n) is 3.80. The lowest BCUT2D eigenvalue weighted by atomic mass is 10.2. The molecule has 0 aliphatic heterocycles. The van der Waals surface area contributed by atoms with Gasteiger partial charge in [0.2, 0.25) is 0 Å². The molecule has 2 aromatic rings. The van der Waals surface area contributed by atoms with E-state index in [1.165, 1.54) is 23.5 Å². The largest absolute Gasteiger partial charge is 0.327 e. The van der Waals surface area contributed by atoms with Gasteiger partial charge in [-0.3, -0.25) is 15.4 Å². The molecule has 1 heterocycles. The zero-order chi connectivity index (χ0) is 14.7. The highest BCUT2D eigenvalue weighted by Crippen LogP contribution is 2.24. The molecule has 2 rings (SSSR count). The topological polar surface area (TPSA) is 71.1 Å². The third-order valence-corrected chi connectivity index (χ3v) is 3.76. The van der Waals surface area contributed by atoms with E-state index in [1.54, 1.807) is 18.4 Å². The fourth-order valence-electron chi connectivity index (χ4n) is 1.42. The summed E-state index contributed by atoms with van der Waals surface area (Å²) in [7, 11) is 0. The number of halogens is 2. The Hall–Kier alpha value is -1.63. The Labute approximate surface area is 128 Å². The van der Waals surface area contributed by atoms with Gasteiger partial charge < -0.3 is 0 Å². The van der Waals surface area contributed by atoms with Crippen LogP contribution in [0.15, 0.2) is 23.6 Å². The normalized spacial score (nSPS) is 10.2. The summed E-state index contributed by atoms with van der Waals surface area (Å²) in [6, 6.07) is 3.95. The van der Waals surface area contributed by atoms with E-state index < -0.39 is 11.9 Å². The van der Waals surface area contributed by atoms with Crippen LogP contribution in [0.4, 0.5) is 9.93 Å². The number of nitrogens with zero attached hydrogens (tertiary/aromatic N) is 1. The average Bonchev–Trinajstić information content (AvgIpc) is 2.74. The summed E-state index contributed by atoms with van der Waals surface area (Å²) >= 11 is 13.0. The molecule has 0 saturated heterocycles. The second kappa shape index (κ2) is 6.21. The van der Waals surface area contributed by atoms with Gasteiger partial charge in [-0.15, -0.1) is 11.3 Å². The van der Waals surface area contributed by atoms with Gasteiger partial charge in [0.1, 0.15) is 0 Å². The van der Waals surface area contributed by atoms with Crippen molar-refractivity contribution >= 4 is 51.6 Å². The number of aryl methyl sites for hydroxylation is 1. The summed E-state index contributed by atoms with van der Waals surface area (Å²) in [4.78, 5) is 27.6. The van der Waals surface area contributed by atoms with Crippen LogP contribution in [-0.2, 0) is 0 Å². The number of nitrogens with one attached hydrogen (secondary N) is 2. The number of urea groups is 1. The minimum Gasteiger partial charge on any atom is -0.283 e. The first-order chi connectivity index (χ1) is 9.47. The number of imide groups is 1. The minimum absolute atomic E-state index is 0.0568. The van der Waals surface area contributed by atoms with Crippen LogP contribution in [0.5, 0.6) is 0 Å². The number of hydrogen-bond donors (Lipinski definition) is 2. The van der Waals surface area contributed by atoms with Crippen molar-refractivity contribution < 1.29 is 9.59 Å². The van der Waals surface area contributed by atoms with Gasteiger partial charge in [-0.1, -0.05) is 29.3 Å². The number of carbonyl (C=O) groups is 2. The molecule has 8 heteroatoms. The highest BCUT2D eigenvalue weighted by molar-refractivity contribution is 7.13. The number of anilines is 1. The molecule has 1 aromatic heterocycles. The number of rotatable bonds is 2. The van der Waals surface area contributed by atoms with Gasteiger partial charge in [0.15, 0.2) is 5.13 Å². The van der Waals surface area contributed by atoms with E-state index in [4.69, 9.17) is 23.2 Å². The molecule has 0 aliphatic carbocycles. The average molecular weight is 330 g/mol. The first-order valence-electron chi connectivity index (χ1n) is 5.46. The molecular formula is C12H9Cl2N3O2S. The monoisotopic (exact) mass is 329 g/mol. The first-order valence-corrected chi connectivity index (χ1v) is 7.09. The summed E-state index contributed by atoms with van der Waals surface area (Å²) in [6.07, 6.45) is 0. The van der Waals surface area contributed by atoms with E-state index >= 15 is 0 Å². The standard InChI is InChI=1S/C12H9Cl2N3O2S/c1-6-5-20-12(15-6)17-11(19)16-10(18)9-7(13)3-2-4-8(9)14/h2-5H,1H3,(H2,15,16,17,18,19). The van der Waals surface area contributed by atoms with Crippen molar-refractivity contribution in [1.29, 1.82) is 0 Å². The van der Waals surface area contributed by atoms with Crippen molar-refractivity contribution in [2.45, 2.75) is 6.92 Å². The summed E-state index contributed by atoms with van der Waals surface area (Å²) in [5.74, 6) is -0.675. The number of carbonyl (C=O) groups excluding carboxylic acids is 2. The molecule has 0 bridgehead atoms. The molecule has 0 atom stereocenters. The summed E-state index contributed by atoms with van der Waals surface area (Å²) in [5.41, 5.74) is 0.840. The van der Waals surface area contributed by atoms with Crippen molar-refractivity contribution in [3.8, 4) is 0 Å². The number of hydrogen-bond acceptors (Lipinski definition) is 4. The molecule has 3 amide bonds. The third-order valence-electron chi connectivity index (χ3n) is 2.26. The molecule has 20 heavy (non-hydrogen) atoms. The second-order valence-corrected chi connectivity index (χ2v) is 5.47. The molecule has 0 fully saturated rings. The number of aromatic nitrogens is 1. The van der Waals surface area contributed by atoms with E-state index in [2.05, 4.69) is 15.6 Å². The highest BCUT2D eigenvalue weighted by atomic mass is 35.5. The highest BCUT2D eigenvalue weighted by Gasteiger charge is 2.17. The summed E-state index contributed by atoms with van der Waals surface area (Å²) in [5, 5.41) is 7.13. The molecule has 0 radical (unpaired) electrons. The van der Waals surface area contributed by atoms with Crippen LogP contribution < -0.4 is 10.6 Å². The molecule has 104 valence electrons. The Balaban J connectivity index is 2.06. The molecule has 0 saturated carbocycles. The fourth-order valence-corrected chi connectivity index (χ4v) is 2.67. The third kappa shape index (κ3) is 3.47. The smallest absolute Gasteiger partial charge is 0.283 e. The van der Waals surface area contributed by atoms with Gasteiger partial charge in [0.25, 0.3) is 5.91 Å². The van der Waals surface area contributed by atoms with Crippen molar-refractivity contribution in [3.05, 3.63) is 44.9 Å². The van der Waals surface area contributed by atoms with Gasteiger partial charge in [-0.2, -0.15) is 0 Å². The van der Waals surface area contributed by atoms with Crippen molar-refractivity contribution in [2.75, 3.05) is 5.32 Å². The number of benzene rings is 1. The molecule has 2 N–H and O–H groups in total. The van der Waals surface area contributed by atoms with Crippen LogP contribution in [0.1, 0.15) is 16.1 Å². The summed E-state index contributed by atoms with van der Waals surface area (Å²) < 4.78 is 0. The number of amides is 3. The Morgan fingerprint density at radius 3 is 2.45 bits per heavy atom. The SMILES string of the molecule is Cc1csc(NC(=O)NC(=O)c2c(Cl)cccc2Cl)n1. The maximum absolute atomic E-state index is 11.9. The quantitative estimate of drug-likeness (QED) is 0.881. The molecule has 0 spiro atoms. The lowest BCUT2D eigenvalue weighted by Gasteiger charge is -2.07. The predicted octanol–water partition coefficient (Wildman–Crippen LogP) is 3.72. The molecule has 0 unspecified atom stereocenters. The van der Waals surface area contributed by atoms with E-state index in [9.17, 15) is 9.59 Å². The Morgan fingerprint density at radius 2 is 1.90 bits per heavy atom. The van der Waals surface area contributed by atoms with Crippen molar-refractivity contribution in [3.63, 3.8) is 0 Å². The zero-order valence-corrected chi connectivity index (χ0v) is 12.6. The van der Waals surface area contributed by atoms with Crippen LogP contribution in [0.2, 0.25) is 10.0 Å². The molecule has 1 aromatic carbocycles. The minimum atomic E-state index is -0.694. The molecule has 0 aliphatic rings. The lowest BCUT2D eigenvalue weighted by Crippen LogP contribution is -2.34. The fraction of sp³-hybridized carbons (Fsp3) is 0.0833. The van der Waals surface area contributed by atoms with Gasteiger partial charge in [-0.25, -0.2) is 9.78 Å². The van der Waals surface area contributed by atoms with Crippen molar-refractivity contribution in [1.82, 2.24) is 10.3 Å². The predicted molar refractivity (Wildman–Crippen MR) is 79.8 cm³/mol. The van der Waals surface area contributed by atoms with Crippen LogP contribution in [0, 0.1) is 6.92 Å². The molecular weight excluding hydrogens is 321 g/mol. The Kier molecular flexibility index (Phi) is 4.59. The van der Waals surface area contributed by atoms with E-state index in [1.807, 2.05) is 0 Å². The van der Waals surface area contributed by atoms with Crippen molar-refractivity contribution in [2.24, 2.45) is 0 Å². The Bertz CT molecular complexity index is 652. The van der Waals surface area contributed by atoms with Gasteiger partial charge in [0.05, 0.1) is 21.3 Å². The maximum Gasteiger partial charge on any atom is 0.327 e. The first kappa shape index (κ1) is 14.8. The van der Waals surface area contributed by atoms with Crippen LogP contribution in [-0.4, -0.2) is 16.9 Å². The van der Waals surface area contributed by atoms with Crippen LogP contribution in [0.25, 0.3) is 0 Å². The van der Waals surface area contributed by atoms with E-state index in [-0.39, 0.29) is 15.6 Å². The van der Waals surface area contributed by atoms with Crippen LogP contribution >= 0.6 is 34.5 Å². The zero-order valence-electron chi connectivity index (χ0n) is 10.2. The van der Waals surface area contributed by atoms with Gasteiger partial charge in [-0.05, 0) is 19.1 Å². The lowest BCUT2D eigenvalue weighted by molar-refractivity contribution is 0.0967. The molecule has 5 nitrogen and oxygen atoms in total. The van der Waals surface area contributed by atoms with E-state index in [0.717, 1.165) is 5.69 Å². The number of thiazole rings is 1.